The molecule has 8 heteroatoms. The van der Waals surface area contributed by atoms with Gasteiger partial charge in [0.25, 0.3) is 0 Å². The van der Waals surface area contributed by atoms with E-state index in [1.165, 1.54) is 0 Å². The van der Waals surface area contributed by atoms with Crippen LogP contribution in [0.4, 0.5) is 13.2 Å². The lowest BCUT2D eigenvalue weighted by Crippen LogP contribution is -2.38. The second-order valence-electron chi connectivity index (χ2n) is 5.54. The van der Waals surface area contributed by atoms with Crippen LogP contribution in [0.2, 0.25) is 0 Å². The molecular formula is C17H22F3N5. The minimum atomic E-state index is -4.17. The van der Waals surface area contributed by atoms with Crippen molar-refractivity contribution in [1.29, 1.82) is 0 Å². The molecule has 0 saturated heterocycles. The van der Waals surface area contributed by atoms with E-state index in [4.69, 9.17) is 0 Å². The first-order valence-corrected chi connectivity index (χ1v) is 8.09. The Morgan fingerprint density at radius 2 is 2.04 bits per heavy atom. The molecule has 0 spiro atoms. The van der Waals surface area contributed by atoms with Crippen molar-refractivity contribution in [1.82, 2.24) is 20.2 Å². The van der Waals surface area contributed by atoms with E-state index < -0.39 is 12.6 Å². The van der Waals surface area contributed by atoms with Crippen LogP contribution in [0.5, 0.6) is 0 Å². The standard InChI is InChI=1S/C17H22F3N5/c1-2-22-16(23-7-6-17(18,19)20)24-11-14-4-3-5-15(10-14)12-25-9-8-21-13-25/h3-5,8-10,13H,2,6-7,11-12H2,1H3,(H2,22,23,24). The summed E-state index contributed by atoms with van der Waals surface area (Å²) in [5, 5.41) is 5.65. The Morgan fingerprint density at radius 1 is 1.24 bits per heavy atom. The van der Waals surface area contributed by atoms with Crippen molar-refractivity contribution >= 4 is 5.96 Å². The number of hydrogen-bond donors (Lipinski definition) is 2. The maximum absolute atomic E-state index is 12.2. The first-order valence-electron chi connectivity index (χ1n) is 8.09. The molecule has 0 atom stereocenters. The monoisotopic (exact) mass is 353 g/mol. The molecule has 0 aliphatic heterocycles. The van der Waals surface area contributed by atoms with Gasteiger partial charge in [-0.3, -0.25) is 0 Å². The van der Waals surface area contributed by atoms with Crippen LogP contribution in [-0.4, -0.2) is 34.8 Å². The average molecular weight is 353 g/mol. The first kappa shape index (κ1) is 18.8. The molecule has 136 valence electrons. The van der Waals surface area contributed by atoms with Gasteiger partial charge in [-0.25, -0.2) is 9.98 Å². The Hall–Kier alpha value is -2.51. The number of nitrogens with zero attached hydrogens (tertiary/aromatic N) is 3. The molecule has 0 aliphatic rings. The van der Waals surface area contributed by atoms with Gasteiger partial charge in [0.05, 0.1) is 19.3 Å². The Morgan fingerprint density at radius 3 is 2.72 bits per heavy atom. The van der Waals surface area contributed by atoms with Gasteiger partial charge in [-0.05, 0) is 18.1 Å². The fourth-order valence-corrected chi connectivity index (χ4v) is 2.25. The van der Waals surface area contributed by atoms with E-state index in [1.54, 1.807) is 12.5 Å². The molecule has 0 radical (unpaired) electrons. The number of rotatable bonds is 7. The third kappa shape index (κ3) is 7.28. The topological polar surface area (TPSA) is 54.2 Å². The lowest BCUT2D eigenvalue weighted by atomic mass is 10.1. The number of nitrogens with one attached hydrogen (secondary N) is 2. The van der Waals surface area contributed by atoms with E-state index in [2.05, 4.69) is 20.6 Å². The number of guanidine groups is 1. The van der Waals surface area contributed by atoms with Gasteiger partial charge in [0, 0.05) is 32.0 Å². The molecule has 5 nitrogen and oxygen atoms in total. The predicted molar refractivity (Wildman–Crippen MR) is 91.3 cm³/mol. The van der Waals surface area contributed by atoms with Crippen LogP contribution >= 0.6 is 0 Å². The third-order valence-corrected chi connectivity index (χ3v) is 3.38. The van der Waals surface area contributed by atoms with Crippen LogP contribution < -0.4 is 10.6 Å². The van der Waals surface area contributed by atoms with Gasteiger partial charge in [-0.2, -0.15) is 13.2 Å². The van der Waals surface area contributed by atoms with Crippen LogP contribution in [0.1, 0.15) is 24.5 Å². The summed E-state index contributed by atoms with van der Waals surface area (Å²) < 4.78 is 38.7. The summed E-state index contributed by atoms with van der Waals surface area (Å²) in [6.45, 7) is 3.35. The molecule has 25 heavy (non-hydrogen) atoms. The summed E-state index contributed by atoms with van der Waals surface area (Å²) in [5.74, 6) is 0.381. The van der Waals surface area contributed by atoms with Gasteiger partial charge < -0.3 is 15.2 Å². The summed E-state index contributed by atoms with van der Waals surface area (Å²) in [4.78, 5) is 8.36. The van der Waals surface area contributed by atoms with Crippen molar-refractivity contribution < 1.29 is 13.2 Å². The van der Waals surface area contributed by atoms with Crippen molar-refractivity contribution in [2.45, 2.75) is 32.6 Å². The number of aromatic nitrogens is 2. The number of benzene rings is 1. The number of aliphatic imine (C=N–C) groups is 1. The van der Waals surface area contributed by atoms with Crippen LogP contribution in [-0.2, 0) is 13.1 Å². The zero-order valence-electron chi connectivity index (χ0n) is 14.1. The van der Waals surface area contributed by atoms with Gasteiger partial charge in [0.1, 0.15) is 0 Å². The second-order valence-corrected chi connectivity index (χ2v) is 5.54. The summed E-state index contributed by atoms with van der Waals surface area (Å²) >= 11 is 0. The first-order chi connectivity index (χ1) is 12.0. The molecule has 1 aromatic heterocycles. The van der Waals surface area contributed by atoms with E-state index in [0.717, 1.165) is 11.1 Å². The smallest absolute Gasteiger partial charge is 0.357 e. The molecule has 2 N–H and O–H groups in total. The van der Waals surface area contributed by atoms with Crippen LogP contribution in [0, 0.1) is 0 Å². The molecule has 0 aliphatic carbocycles. The lowest BCUT2D eigenvalue weighted by Gasteiger charge is -2.12. The Kier molecular flexibility index (Phi) is 6.85. The van der Waals surface area contributed by atoms with Crippen LogP contribution in [0.15, 0.2) is 48.0 Å². The minimum absolute atomic E-state index is 0.198. The highest BCUT2D eigenvalue weighted by Gasteiger charge is 2.26. The molecule has 0 bridgehead atoms. The van der Waals surface area contributed by atoms with Gasteiger partial charge >= 0.3 is 6.18 Å². The van der Waals surface area contributed by atoms with Crippen LogP contribution in [0.25, 0.3) is 0 Å². The van der Waals surface area contributed by atoms with E-state index in [9.17, 15) is 13.2 Å². The molecule has 2 aromatic rings. The molecule has 0 fully saturated rings. The maximum Gasteiger partial charge on any atom is 0.390 e. The molecule has 0 saturated carbocycles. The van der Waals surface area contributed by atoms with Crippen molar-refractivity contribution in [2.24, 2.45) is 4.99 Å². The van der Waals surface area contributed by atoms with E-state index >= 15 is 0 Å². The number of alkyl halides is 3. The molecule has 1 heterocycles. The van der Waals surface area contributed by atoms with E-state index in [-0.39, 0.29) is 6.54 Å². The van der Waals surface area contributed by atoms with Crippen LogP contribution in [0.3, 0.4) is 0 Å². The van der Waals surface area contributed by atoms with Crippen molar-refractivity contribution in [3.05, 3.63) is 54.1 Å². The predicted octanol–water partition coefficient (Wildman–Crippen LogP) is 2.94. The summed E-state index contributed by atoms with van der Waals surface area (Å²) in [6, 6.07) is 7.93. The highest BCUT2D eigenvalue weighted by atomic mass is 19.4. The summed E-state index contributed by atoms with van der Waals surface area (Å²) in [7, 11) is 0. The number of hydrogen-bond acceptors (Lipinski definition) is 2. The molecular weight excluding hydrogens is 331 g/mol. The van der Waals surface area contributed by atoms with Crippen molar-refractivity contribution in [2.75, 3.05) is 13.1 Å². The SMILES string of the molecule is CCNC(=NCc1cccc(Cn2ccnc2)c1)NCCC(F)(F)F. The Balaban J connectivity index is 1.94. The second kappa shape index (κ2) is 9.10. The molecule has 0 unspecified atom stereocenters. The Labute approximate surface area is 145 Å². The highest BCUT2D eigenvalue weighted by Crippen LogP contribution is 2.18. The van der Waals surface area contributed by atoms with E-state index in [0.29, 0.717) is 25.6 Å². The van der Waals surface area contributed by atoms with Gasteiger partial charge in [-0.1, -0.05) is 24.3 Å². The molecule has 0 amide bonds. The van der Waals surface area contributed by atoms with Gasteiger partial charge in [0.15, 0.2) is 5.96 Å². The molecule has 2 rings (SSSR count). The zero-order chi connectivity index (χ0) is 18.1. The van der Waals surface area contributed by atoms with E-state index in [1.807, 2.05) is 42.0 Å². The quantitative estimate of drug-likeness (QED) is 0.594. The maximum atomic E-state index is 12.2. The Bertz CT molecular complexity index is 665. The minimum Gasteiger partial charge on any atom is -0.357 e. The largest absolute Gasteiger partial charge is 0.390 e. The van der Waals surface area contributed by atoms with Crippen molar-refractivity contribution in [3.63, 3.8) is 0 Å². The summed E-state index contributed by atoms with van der Waals surface area (Å²) in [5.41, 5.74) is 2.10. The summed E-state index contributed by atoms with van der Waals surface area (Å²) in [6.07, 6.45) is 0.296. The highest BCUT2D eigenvalue weighted by molar-refractivity contribution is 5.79. The lowest BCUT2D eigenvalue weighted by molar-refractivity contribution is -0.132. The van der Waals surface area contributed by atoms with Crippen molar-refractivity contribution in [3.8, 4) is 0 Å². The van der Waals surface area contributed by atoms with Gasteiger partial charge in [-0.15, -0.1) is 0 Å². The zero-order valence-corrected chi connectivity index (χ0v) is 14.1. The third-order valence-electron chi connectivity index (χ3n) is 3.38. The fraction of sp³-hybridized carbons (Fsp3) is 0.412. The normalized spacial score (nSPS) is 12.2. The number of imidazole rings is 1. The number of halogens is 3. The fourth-order valence-electron chi connectivity index (χ4n) is 2.25. The average Bonchev–Trinajstić information content (AvgIpc) is 3.05. The molecule has 1 aromatic carbocycles. The van der Waals surface area contributed by atoms with Gasteiger partial charge in [0.2, 0.25) is 0 Å².